The molecule has 21 heavy (non-hydrogen) atoms. The minimum Gasteiger partial charge on any atom is -0.493 e. The van der Waals surface area contributed by atoms with Crippen LogP contribution >= 0.6 is 11.6 Å². The maximum atomic E-state index is 6.25. The second-order valence-electron chi connectivity index (χ2n) is 4.45. The average molecular weight is 318 g/mol. The van der Waals surface area contributed by atoms with E-state index < -0.39 is 0 Å². The normalized spacial score (nSPS) is 10.7. The van der Waals surface area contributed by atoms with Gasteiger partial charge in [0, 0.05) is 26.7 Å². The highest BCUT2D eigenvalue weighted by atomic mass is 35.5. The Bertz CT molecular complexity index is 415. The summed E-state index contributed by atoms with van der Waals surface area (Å²) in [5.74, 6) is 1.23. The van der Waals surface area contributed by atoms with E-state index in [0.29, 0.717) is 42.9 Å². The number of hydrogen-bond donors (Lipinski definition) is 1. The highest BCUT2D eigenvalue weighted by molar-refractivity contribution is 6.32. The van der Waals surface area contributed by atoms with Crippen LogP contribution in [0.1, 0.15) is 12.0 Å². The molecule has 1 aromatic rings. The summed E-state index contributed by atoms with van der Waals surface area (Å²) in [5, 5.41) is 3.63. The summed E-state index contributed by atoms with van der Waals surface area (Å²) in [6, 6.07) is 3.80. The van der Waals surface area contributed by atoms with Crippen LogP contribution in [0.25, 0.3) is 0 Å². The minimum absolute atomic E-state index is 0.522. The summed E-state index contributed by atoms with van der Waals surface area (Å²) in [4.78, 5) is 0. The van der Waals surface area contributed by atoms with Crippen molar-refractivity contribution in [2.24, 2.45) is 0 Å². The third-order valence-corrected chi connectivity index (χ3v) is 3.06. The van der Waals surface area contributed by atoms with Gasteiger partial charge in [-0.3, -0.25) is 0 Å². The molecule has 0 saturated heterocycles. The molecule has 0 radical (unpaired) electrons. The summed E-state index contributed by atoms with van der Waals surface area (Å²) < 4.78 is 21.3. The fourth-order valence-electron chi connectivity index (χ4n) is 1.80. The fourth-order valence-corrected chi connectivity index (χ4v) is 2.09. The largest absolute Gasteiger partial charge is 0.493 e. The lowest BCUT2D eigenvalue weighted by molar-refractivity contribution is 0.0643. The van der Waals surface area contributed by atoms with Gasteiger partial charge in [-0.2, -0.15) is 0 Å². The molecule has 0 unspecified atom stereocenters. The number of ether oxygens (including phenoxy) is 4. The second-order valence-corrected chi connectivity index (χ2v) is 4.85. The standard InChI is InChI=1S/C15H24ClNO4/c1-17-11-12-9-13(16)15(14(10-12)19-3)21-6-4-5-20-8-7-18-2/h9-10,17H,4-8,11H2,1-3H3. The van der Waals surface area contributed by atoms with Crippen molar-refractivity contribution in [2.75, 3.05) is 47.7 Å². The maximum Gasteiger partial charge on any atom is 0.179 e. The Morgan fingerprint density at radius 1 is 1.10 bits per heavy atom. The van der Waals surface area contributed by atoms with Crippen molar-refractivity contribution in [1.82, 2.24) is 5.32 Å². The Kier molecular flexibility index (Phi) is 9.17. The minimum atomic E-state index is 0.522. The first-order valence-corrected chi connectivity index (χ1v) is 7.31. The first-order valence-electron chi connectivity index (χ1n) is 6.93. The summed E-state index contributed by atoms with van der Waals surface area (Å²) in [5.41, 5.74) is 1.05. The quantitative estimate of drug-likeness (QED) is 0.635. The average Bonchev–Trinajstić information content (AvgIpc) is 2.48. The number of nitrogens with one attached hydrogen (secondary N) is 1. The summed E-state index contributed by atoms with van der Waals surface area (Å²) in [6.45, 7) is 3.08. The van der Waals surface area contributed by atoms with Crippen molar-refractivity contribution >= 4 is 11.6 Å². The number of hydrogen-bond acceptors (Lipinski definition) is 5. The van der Waals surface area contributed by atoms with E-state index in [2.05, 4.69) is 5.32 Å². The molecule has 0 fully saturated rings. The van der Waals surface area contributed by atoms with Gasteiger partial charge in [-0.05, 0) is 24.7 Å². The molecule has 0 amide bonds. The SMILES string of the molecule is CNCc1cc(Cl)c(OCCCOCCOC)c(OC)c1. The van der Waals surface area contributed by atoms with Crippen molar-refractivity contribution < 1.29 is 18.9 Å². The van der Waals surface area contributed by atoms with Crippen LogP contribution in [0.2, 0.25) is 5.02 Å². The van der Waals surface area contributed by atoms with Crippen molar-refractivity contribution in [3.05, 3.63) is 22.7 Å². The summed E-state index contributed by atoms with van der Waals surface area (Å²) >= 11 is 6.25. The van der Waals surface area contributed by atoms with Gasteiger partial charge in [0.1, 0.15) is 0 Å². The first kappa shape index (κ1) is 18.0. The molecule has 0 aliphatic heterocycles. The maximum absolute atomic E-state index is 6.25. The third kappa shape index (κ3) is 6.52. The Morgan fingerprint density at radius 2 is 1.90 bits per heavy atom. The van der Waals surface area contributed by atoms with Crippen LogP contribution in [-0.4, -0.2) is 47.7 Å². The van der Waals surface area contributed by atoms with Gasteiger partial charge in [0.25, 0.3) is 0 Å². The highest BCUT2D eigenvalue weighted by Crippen LogP contribution is 2.36. The van der Waals surface area contributed by atoms with Gasteiger partial charge in [-0.25, -0.2) is 0 Å². The fraction of sp³-hybridized carbons (Fsp3) is 0.600. The molecular weight excluding hydrogens is 294 g/mol. The van der Waals surface area contributed by atoms with Crippen LogP contribution in [-0.2, 0) is 16.0 Å². The van der Waals surface area contributed by atoms with Gasteiger partial charge < -0.3 is 24.3 Å². The van der Waals surface area contributed by atoms with E-state index in [0.717, 1.165) is 18.5 Å². The van der Waals surface area contributed by atoms with E-state index in [9.17, 15) is 0 Å². The van der Waals surface area contributed by atoms with Crippen LogP contribution in [0.15, 0.2) is 12.1 Å². The van der Waals surface area contributed by atoms with E-state index in [4.69, 9.17) is 30.5 Å². The zero-order chi connectivity index (χ0) is 15.5. The monoisotopic (exact) mass is 317 g/mol. The van der Waals surface area contributed by atoms with Gasteiger partial charge in [0.2, 0.25) is 0 Å². The zero-order valence-corrected chi connectivity index (χ0v) is 13.7. The predicted molar refractivity (Wildman–Crippen MR) is 83.6 cm³/mol. The van der Waals surface area contributed by atoms with Gasteiger partial charge in [0.15, 0.2) is 11.5 Å². The van der Waals surface area contributed by atoms with Crippen LogP contribution in [0.4, 0.5) is 0 Å². The van der Waals surface area contributed by atoms with E-state index in [-0.39, 0.29) is 0 Å². The first-order chi connectivity index (χ1) is 10.2. The van der Waals surface area contributed by atoms with Gasteiger partial charge >= 0.3 is 0 Å². The molecule has 1 aromatic carbocycles. The molecule has 0 atom stereocenters. The molecule has 0 aromatic heterocycles. The van der Waals surface area contributed by atoms with E-state index in [1.54, 1.807) is 14.2 Å². The topological polar surface area (TPSA) is 49.0 Å². The number of halogens is 1. The lowest BCUT2D eigenvalue weighted by Gasteiger charge is -2.14. The second kappa shape index (κ2) is 10.7. The molecule has 0 aliphatic carbocycles. The lowest BCUT2D eigenvalue weighted by Crippen LogP contribution is -2.08. The van der Waals surface area contributed by atoms with E-state index >= 15 is 0 Å². The van der Waals surface area contributed by atoms with Crippen molar-refractivity contribution in [3.8, 4) is 11.5 Å². The number of methoxy groups -OCH3 is 2. The molecule has 0 aliphatic rings. The lowest BCUT2D eigenvalue weighted by atomic mass is 10.2. The summed E-state index contributed by atoms with van der Waals surface area (Å²) in [6.07, 6.45) is 0.779. The predicted octanol–water partition coefficient (Wildman–Crippen LogP) is 2.50. The molecule has 0 heterocycles. The van der Waals surface area contributed by atoms with Crippen LogP contribution in [0.5, 0.6) is 11.5 Å². The molecular formula is C15H24ClNO4. The smallest absolute Gasteiger partial charge is 0.179 e. The molecule has 120 valence electrons. The van der Waals surface area contributed by atoms with Crippen molar-refractivity contribution in [2.45, 2.75) is 13.0 Å². The molecule has 1 N–H and O–H groups in total. The Morgan fingerprint density at radius 3 is 2.57 bits per heavy atom. The number of rotatable bonds is 11. The molecule has 0 bridgehead atoms. The number of benzene rings is 1. The molecule has 5 nitrogen and oxygen atoms in total. The van der Waals surface area contributed by atoms with Crippen molar-refractivity contribution in [3.63, 3.8) is 0 Å². The Labute approximate surface area is 131 Å². The van der Waals surface area contributed by atoms with Gasteiger partial charge in [0.05, 0.1) is 32.0 Å². The molecule has 0 spiro atoms. The molecule has 0 saturated carbocycles. The molecule has 1 rings (SSSR count). The van der Waals surface area contributed by atoms with Gasteiger partial charge in [-0.1, -0.05) is 11.6 Å². The Balaban J connectivity index is 2.46. The van der Waals surface area contributed by atoms with Crippen LogP contribution in [0, 0.1) is 0 Å². The highest BCUT2D eigenvalue weighted by Gasteiger charge is 2.11. The third-order valence-electron chi connectivity index (χ3n) is 2.78. The summed E-state index contributed by atoms with van der Waals surface area (Å²) in [7, 11) is 5.14. The van der Waals surface area contributed by atoms with Crippen LogP contribution < -0.4 is 14.8 Å². The van der Waals surface area contributed by atoms with E-state index in [1.165, 1.54) is 0 Å². The Hall–Kier alpha value is -1.01. The van der Waals surface area contributed by atoms with Crippen molar-refractivity contribution in [1.29, 1.82) is 0 Å². The van der Waals surface area contributed by atoms with Gasteiger partial charge in [-0.15, -0.1) is 0 Å². The molecule has 6 heteroatoms. The zero-order valence-electron chi connectivity index (χ0n) is 12.9. The van der Waals surface area contributed by atoms with E-state index in [1.807, 2.05) is 19.2 Å². The van der Waals surface area contributed by atoms with Crippen LogP contribution in [0.3, 0.4) is 0 Å².